The molecule has 0 bridgehead atoms. The van der Waals surface area contributed by atoms with Gasteiger partial charge in [0.25, 0.3) is 5.22 Å². The van der Waals surface area contributed by atoms with Crippen molar-refractivity contribution in [3.63, 3.8) is 0 Å². The van der Waals surface area contributed by atoms with Gasteiger partial charge in [-0.25, -0.2) is 9.59 Å². The summed E-state index contributed by atoms with van der Waals surface area (Å²) in [6.07, 6.45) is 1.45. The lowest BCUT2D eigenvalue weighted by Crippen LogP contribution is -2.00. The molecule has 0 radical (unpaired) electrons. The Morgan fingerprint density at radius 3 is 2.45 bits per heavy atom. The summed E-state index contributed by atoms with van der Waals surface area (Å²) in [6.45, 7) is 1.62. The molecule has 22 heavy (non-hydrogen) atoms. The van der Waals surface area contributed by atoms with Crippen LogP contribution in [0.5, 0.6) is 0 Å². The number of aromatic nitrogens is 2. The summed E-state index contributed by atoms with van der Waals surface area (Å²) < 4.78 is 9.74. The number of carboxylic acid groups (broad SMARTS) is 1. The molecule has 7 nitrogen and oxygen atoms in total. The number of benzene rings is 1. The van der Waals surface area contributed by atoms with Gasteiger partial charge in [-0.05, 0) is 35.5 Å². The van der Waals surface area contributed by atoms with Crippen LogP contribution in [-0.2, 0) is 9.53 Å². The minimum atomic E-state index is -1.11. The largest absolute Gasteiger partial charge is 0.477 e. The molecule has 0 saturated heterocycles. The molecule has 0 fully saturated rings. The molecule has 2 rings (SSSR count). The number of rotatable bonds is 5. The lowest BCUT2D eigenvalue weighted by atomic mass is 10.1. The number of aliphatic carboxylic acids is 1. The Labute approximate surface area is 130 Å². The van der Waals surface area contributed by atoms with Gasteiger partial charge in [0.1, 0.15) is 4.91 Å². The van der Waals surface area contributed by atoms with E-state index in [-0.39, 0.29) is 10.1 Å². The predicted octanol–water partition coefficient (Wildman–Crippen LogP) is 2.38. The SMILES string of the molecule is COC(=O)c1ccc(/C=C(\Sc2nnc(C)o2)C(=O)O)cc1. The quantitative estimate of drug-likeness (QED) is 0.509. The number of hydrogen-bond acceptors (Lipinski definition) is 7. The molecule has 0 aliphatic heterocycles. The molecule has 0 aliphatic rings. The van der Waals surface area contributed by atoms with Crippen molar-refractivity contribution in [3.8, 4) is 0 Å². The minimum Gasteiger partial charge on any atom is -0.477 e. The van der Waals surface area contributed by atoms with E-state index in [2.05, 4.69) is 14.9 Å². The molecule has 0 atom stereocenters. The number of aryl methyl sites for hydroxylation is 1. The van der Waals surface area contributed by atoms with Crippen molar-refractivity contribution in [2.45, 2.75) is 12.1 Å². The summed E-state index contributed by atoms with van der Waals surface area (Å²) in [5.41, 5.74) is 1.01. The summed E-state index contributed by atoms with van der Waals surface area (Å²) in [6, 6.07) is 6.35. The van der Waals surface area contributed by atoms with Gasteiger partial charge < -0.3 is 14.3 Å². The Morgan fingerprint density at radius 1 is 1.27 bits per heavy atom. The van der Waals surface area contributed by atoms with Crippen LogP contribution in [0.3, 0.4) is 0 Å². The number of carboxylic acids is 1. The zero-order valence-corrected chi connectivity index (χ0v) is 12.6. The zero-order chi connectivity index (χ0) is 16.1. The van der Waals surface area contributed by atoms with Crippen LogP contribution in [0.1, 0.15) is 21.8 Å². The summed E-state index contributed by atoms with van der Waals surface area (Å²) >= 11 is 0.857. The van der Waals surface area contributed by atoms with E-state index in [0.29, 0.717) is 17.0 Å². The second-order valence-electron chi connectivity index (χ2n) is 4.12. The van der Waals surface area contributed by atoms with E-state index in [0.717, 1.165) is 11.8 Å². The number of methoxy groups -OCH3 is 1. The van der Waals surface area contributed by atoms with E-state index >= 15 is 0 Å². The van der Waals surface area contributed by atoms with Crippen LogP contribution < -0.4 is 0 Å². The van der Waals surface area contributed by atoms with E-state index in [9.17, 15) is 14.7 Å². The first-order chi connectivity index (χ1) is 10.5. The number of thioether (sulfide) groups is 1. The van der Waals surface area contributed by atoms with Gasteiger partial charge in [0.05, 0.1) is 12.7 Å². The van der Waals surface area contributed by atoms with E-state index in [1.165, 1.54) is 13.2 Å². The van der Waals surface area contributed by atoms with E-state index < -0.39 is 11.9 Å². The predicted molar refractivity (Wildman–Crippen MR) is 78.3 cm³/mol. The monoisotopic (exact) mass is 320 g/mol. The molecule has 1 aromatic carbocycles. The highest BCUT2D eigenvalue weighted by atomic mass is 32.2. The Kier molecular flexibility index (Phi) is 4.95. The highest BCUT2D eigenvalue weighted by Crippen LogP contribution is 2.27. The average molecular weight is 320 g/mol. The average Bonchev–Trinajstić information content (AvgIpc) is 2.91. The van der Waals surface area contributed by atoms with Crippen molar-refractivity contribution < 1.29 is 23.8 Å². The van der Waals surface area contributed by atoms with Crippen LogP contribution in [0.2, 0.25) is 0 Å². The third-order valence-electron chi connectivity index (χ3n) is 2.55. The molecule has 0 aliphatic carbocycles. The smallest absolute Gasteiger partial charge is 0.342 e. The van der Waals surface area contributed by atoms with Crippen LogP contribution in [0.15, 0.2) is 38.8 Å². The van der Waals surface area contributed by atoms with Crippen molar-refractivity contribution in [2.75, 3.05) is 7.11 Å². The van der Waals surface area contributed by atoms with Crippen LogP contribution in [-0.4, -0.2) is 34.4 Å². The molecular formula is C14H12N2O5S. The van der Waals surface area contributed by atoms with Crippen molar-refractivity contribution >= 4 is 29.8 Å². The van der Waals surface area contributed by atoms with Crippen LogP contribution in [0.25, 0.3) is 6.08 Å². The number of hydrogen-bond donors (Lipinski definition) is 1. The maximum absolute atomic E-state index is 11.3. The highest BCUT2D eigenvalue weighted by Gasteiger charge is 2.14. The number of carbonyl (C=O) groups excluding carboxylic acids is 1. The van der Waals surface area contributed by atoms with Crippen molar-refractivity contribution in [2.24, 2.45) is 0 Å². The van der Waals surface area contributed by atoms with Gasteiger partial charge in [-0.15, -0.1) is 10.2 Å². The Bertz CT molecular complexity index is 721. The topological polar surface area (TPSA) is 103 Å². The molecule has 2 aromatic rings. The molecule has 1 N–H and O–H groups in total. The van der Waals surface area contributed by atoms with Crippen LogP contribution in [0, 0.1) is 6.92 Å². The first-order valence-corrected chi connectivity index (χ1v) is 6.92. The van der Waals surface area contributed by atoms with Crippen molar-refractivity contribution in [1.82, 2.24) is 10.2 Å². The molecule has 114 valence electrons. The Hall–Kier alpha value is -2.61. The normalized spacial score (nSPS) is 11.3. The Morgan fingerprint density at radius 2 is 1.95 bits per heavy atom. The van der Waals surface area contributed by atoms with Crippen molar-refractivity contribution in [3.05, 3.63) is 46.2 Å². The second-order valence-corrected chi connectivity index (χ2v) is 5.11. The fraction of sp³-hybridized carbons (Fsp3) is 0.143. The number of carbonyl (C=O) groups is 2. The fourth-order valence-corrected chi connectivity index (χ4v) is 2.25. The number of nitrogens with zero attached hydrogens (tertiary/aromatic N) is 2. The third-order valence-corrected chi connectivity index (χ3v) is 3.40. The lowest BCUT2D eigenvalue weighted by Gasteiger charge is -2.01. The molecule has 0 amide bonds. The van der Waals surface area contributed by atoms with Gasteiger partial charge in [-0.3, -0.25) is 0 Å². The Balaban J connectivity index is 2.22. The fourth-order valence-electron chi connectivity index (χ4n) is 1.53. The first kappa shape index (κ1) is 15.8. The summed E-state index contributed by atoms with van der Waals surface area (Å²) in [4.78, 5) is 22.6. The number of ether oxygens (including phenoxy) is 1. The molecular weight excluding hydrogens is 308 g/mol. The van der Waals surface area contributed by atoms with Crippen molar-refractivity contribution in [1.29, 1.82) is 0 Å². The standard InChI is InChI=1S/C14H12N2O5S/c1-8-15-16-14(21-8)22-11(12(17)18)7-9-3-5-10(6-4-9)13(19)20-2/h3-7H,1-2H3,(H,17,18)/b11-7-. The molecule has 8 heteroatoms. The molecule has 0 spiro atoms. The molecule has 1 aromatic heterocycles. The maximum atomic E-state index is 11.3. The summed E-state index contributed by atoms with van der Waals surface area (Å²) in [5, 5.41) is 16.8. The van der Waals surface area contributed by atoms with Gasteiger partial charge in [-0.1, -0.05) is 12.1 Å². The summed E-state index contributed by atoms with van der Waals surface area (Å²) in [7, 11) is 1.29. The van der Waals surface area contributed by atoms with Crippen LogP contribution >= 0.6 is 11.8 Å². The van der Waals surface area contributed by atoms with Gasteiger partial charge >= 0.3 is 11.9 Å². The number of esters is 1. The molecule has 1 heterocycles. The molecule has 0 unspecified atom stereocenters. The lowest BCUT2D eigenvalue weighted by molar-refractivity contribution is -0.131. The van der Waals surface area contributed by atoms with E-state index in [4.69, 9.17) is 4.42 Å². The minimum absolute atomic E-state index is 0.0227. The van der Waals surface area contributed by atoms with Gasteiger partial charge in [0.15, 0.2) is 0 Å². The first-order valence-electron chi connectivity index (χ1n) is 6.11. The second kappa shape index (κ2) is 6.90. The summed E-state index contributed by atoms with van der Waals surface area (Å²) in [5.74, 6) is -1.21. The third kappa shape index (κ3) is 3.95. The van der Waals surface area contributed by atoms with Gasteiger partial charge in [0, 0.05) is 6.92 Å². The zero-order valence-electron chi connectivity index (χ0n) is 11.8. The van der Waals surface area contributed by atoms with Crippen LogP contribution in [0.4, 0.5) is 0 Å². The molecule has 0 saturated carbocycles. The highest BCUT2D eigenvalue weighted by molar-refractivity contribution is 8.03. The maximum Gasteiger partial charge on any atom is 0.342 e. The van der Waals surface area contributed by atoms with Gasteiger partial charge in [0.2, 0.25) is 5.89 Å². The van der Waals surface area contributed by atoms with E-state index in [1.807, 2.05) is 0 Å². The van der Waals surface area contributed by atoms with E-state index in [1.54, 1.807) is 31.2 Å². The van der Waals surface area contributed by atoms with Gasteiger partial charge in [-0.2, -0.15) is 0 Å².